The van der Waals surface area contributed by atoms with Crippen LogP contribution < -0.4 is 10.5 Å². The van der Waals surface area contributed by atoms with Gasteiger partial charge in [0, 0.05) is 31.2 Å². The highest BCUT2D eigenvalue weighted by molar-refractivity contribution is 7.21. The normalized spacial score (nSPS) is 11.5. The number of rotatable bonds is 2. The van der Waals surface area contributed by atoms with Gasteiger partial charge in [-0.2, -0.15) is 0 Å². The zero-order valence-electron chi connectivity index (χ0n) is 16.4. The Labute approximate surface area is 162 Å². The summed E-state index contributed by atoms with van der Waals surface area (Å²) in [4.78, 5) is 19.5. The first-order valence-electron chi connectivity index (χ1n) is 8.90. The van der Waals surface area contributed by atoms with Gasteiger partial charge in [0.05, 0.1) is 15.8 Å². The Kier molecular flexibility index (Phi) is 4.07. The minimum Gasteiger partial charge on any atom is -0.422 e. The quantitative estimate of drug-likeness (QED) is 0.440. The van der Waals surface area contributed by atoms with Gasteiger partial charge >= 0.3 is 5.63 Å². The first kappa shape index (κ1) is 17.7. The number of aryl methyl sites for hydroxylation is 2. The van der Waals surface area contributed by atoms with E-state index in [0.29, 0.717) is 16.2 Å². The fourth-order valence-electron chi connectivity index (χ4n) is 3.38. The van der Waals surface area contributed by atoms with Gasteiger partial charge in [-0.25, -0.2) is 9.78 Å². The molecule has 0 aliphatic carbocycles. The number of hydrogen-bond donors (Lipinski definition) is 0. The number of nitrogens with zero attached hydrogens (tertiary/aromatic N) is 2. The van der Waals surface area contributed by atoms with Crippen LogP contribution in [-0.2, 0) is 0 Å². The molecule has 0 saturated heterocycles. The second-order valence-corrected chi connectivity index (χ2v) is 8.26. The van der Waals surface area contributed by atoms with Crippen molar-refractivity contribution in [3.63, 3.8) is 0 Å². The van der Waals surface area contributed by atoms with Crippen molar-refractivity contribution in [3.8, 4) is 10.6 Å². The minimum absolute atomic E-state index is 0.346. The van der Waals surface area contributed by atoms with Crippen molar-refractivity contribution in [2.24, 2.45) is 0 Å². The molecule has 138 valence electrons. The van der Waals surface area contributed by atoms with E-state index >= 15 is 0 Å². The first-order valence-corrected chi connectivity index (χ1v) is 9.72. The van der Waals surface area contributed by atoms with E-state index in [0.717, 1.165) is 21.3 Å². The second kappa shape index (κ2) is 6.20. The van der Waals surface area contributed by atoms with Crippen LogP contribution in [0.3, 0.4) is 0 Å². The number of fused-ring (bicyclic) bond motifs is 2. The number of thiazole rings is 1. The van der Waals surface area contributed by atoms with Gasteiger partial charge in [0.1, 0.15) is 10.6 Å². The summed E-state index contributed by atoms with van der Waals surface area (Å²) in [6.07, 6.45) is 0. The number of hydrogen-bond acceptors (Lipinski definition) is 5. The van der Waals surface area contributed by atoms with Crippen molar-refractivity contribution in [1.29, 1.82) is 0 Å². The molecule has 0 aliphatic rings. The van der Waals surface area contributed by atoms with Crippen molar-refractivity contribution in [3.05, 3.63) is 56.9 Å². The third-order valence-electron chi connectivity index (χ3n) is 5.48. The predicted molar refractivity (Wildman–Crippen MR) is 114 cm³/mol. The summed E-state index contributed by atoms with van der Waals surface area (Å²) >= 11 is 1.57. The molecule has 5 heteroatoms. The van der Waals surface area contributed by atoms with Crippen LogP contribution in [0, 0.1) is 27.7 Å². The van der Waals surface area contributed by atoms with Crippen LogP contribution in [0.2, 0.25) is 0 Å². The molecule has 0 saturated carbocycles. The summed E-state index contributed by atoms with van der Waals surface area (Å²) in [5, 5.41) is 1.61. The van der Waals surface area contributed by atoms with Gasteiger partial charge in [0.2, 0.25) is 0 Å². The van der Waals surface area contributed by atoms with Gasteiger partial charge in [-0.15, -0.1) is 11.3 Å². The second-order valence-electron chi connectivity index (χ2n) is 7.26. The van der Waals surface area contributed by atoms with Gasteiger partial charge < -0.3 is 9.32 Å². The van der Waals surface area contributed by atoms with Gasteiger partial charge in [0.25, 0.3) is 0 Å². The molecule has 2 aromatic carbocycles. The van der Waals surface area contributed by atoms with E-state index < -0.39 is 0 Å². The van der Waals surface area contributed by atoms with Crippen molar-refractivity contribution in [1.82, 2.24) is 4.98 Å². The Morgan fingerprint density at radius 1 is 0.963 bits per heavy atom. The third-order valence-corrected chi connectivity index (χ3v) is 6.69. The lowest BCUT2D eigenvalue weighted by molar-refractivity contribution is 0.563. The van der Waals surface area contributed by atoms with Gasteiger partial charge in [-0.1, -0.05) is 0 Å². The molecule has 0 fully saturated rings. The van der Waals surface area contributed by atoms with Crippen molar-refractivity contribution < 1.29 is 4.42 Å². The Morgan fingerprint density at radius 3 is 2.37 bits per heavy atom. The molecule has 2 aromatic heterocycles. The molecule has 0 bridgehead atoms. The molecule has 0 spiro atoms. The summed E-state index contributed by atoms with van der Waals surface area (Å²) in [5.74, 6) is 0. The Morgan fingerprint density at radius 2 is 1.67 bits per heavy atom. The average molecular weight is 378 g/mol. The molecule has 27 heavy (non-hydrogen) atoms. The van der Waals surface area contributed by atoms with E-state index in [9.17, 15) is 4.79 Å². The SMILES string of the molecule is Cc1c(C)c(C)c2sc(-c3cc4ccc(N(C)C)cc4oc3=O)nc2c1C. The first-order chi connectivity index (χ1) is 12.8. The standard InChI is InChI=1S/C22H22N2O2S/c1-11-12(2)14(4)20-19(13(11)3)23-21(27-20)17-9-15-7-8-16(24(5)6)10-18(15)26-22(17)25/h7-10H,1-6H3. The van der Waals surface area contributed by atoms with E-state index in [1.54, 1.807) is 11.3 Å². The van der Waals surface area contributed by atoms with Crippen molar-refractivity contribution >= 4 is 38.2 Å². The van der Waals surface area contributed by atoms with E-state index in [-0.39, 0.29) is 5.63 Å². The number of benzene rings is 2. The highest BCUT2D eigenvalue weighted by Crippen LogP contribution is 2.36. The van der Waals surface area contributed by atoms with Crippen LogP contribution in [0.4, 0.5) is 5.69 Å². The average Bonchev–Trinajstić information content (AvgIpc) is 3.09. The van der Waals surface area contributed by atoms with Crippen LogP contribution in [0.5, 0.6) is 0 Å². The highest BCUT2D eigenvalue weighted by Gasteiger charge is 2.18. The monoisotopic (exact) mass is 378 g/mol. The summed E-state index contributed by atoms with van der Waals surface area (Å²) in [6, 6.07) is 7.78. The van der Waals surface area contributed by atoms with Crippen LogP contribution in [-0.4, -0.2) is 19.1 Å². The maximum Gasteiger partial charge on any atom is 0.346 e. The van der Waals surface area contributed by atoms with Gasteiger partial charge in [-0.05, 0) is 68.1 Å². The van der Waals surface area contributed by atoms with Crippen molar-refractivity contribution in [2.45, 2.75) is 27.7 Å². The van der Waals surface area contributed by atoms with Crippen LogP contribution >= 0.6 is 11.3 Å². The van der Waals surface area contributed by atoms with Gasteiger partial charge in [-0.3, -0.25) is 0 Å². The van der Waals surface area contributed by atoms with E-state index in [1.807, 2.05) is 43.3 Å². The van der Waals surface area contributed by atoms with Crippen LogP contribution in [0.15, 0.2) is 33.5 Å². The molecule has 0 N–H and O–H groups in total. The predicted octanol–water partition coefficient (Wildman–Crippen LogP) is 5.37. The topological polar surface area (TPSA) is 46.3 Å². The molecule has 4 rings (SSSR count). The van der Waals surface area contributed by atoms with Crippen molar-refractivity contribution in [2.75, 3.05) is 19.0 Å². The maximum atomic E-state index is 12.7. The summed E-state index contributed by atoms with van der Waals surface area (Å²) in [7, 11) is 3.92. The van der Waals surface area contributed by atoms with Crippen LogP contribution in [0.1, 0.15) is 22.3 Å². The molecule has 4 aromatic rings. The van der Waals surface area contributed by atoms with E-state index in [1.165, 1.54) is 22.3 Å². The zero-order valence-corrected chi connectivity index (χ0v) is 17.2. The lowest BCUT2D eigenvalue weighted by atomic mass is 9.98. The largest absolute Gasteiger partial charge is 0.422 e. The Bertz CT molecular complexity index is 1220. The maximum absolute atomic E-state index is 12.7. The summed E-state index contributed by atoms with van der Waals surface area (Å²) in [5.41, 5.74) is 7.71. The minimum atomic E-state index is -0.346. The lowest BCUT2D eigenvalue weighted by Gasteiger charge is -2.12. The third kappa shape index (κ3) is 2.73. The molecule has 0 atom stereocenters. The molecule has 0 unspecified atom stereocenters. The summed E-state index contributed by atoms with van der Waals surface area (Å²) in [6.45, 7) is 8.49. The zero-order chi connectivity index (χ0) is 19.5. The molecular formula is C22H22N2O2S. The molecule has 0 radical (unpaired) electrons. The molecule has 0 amide bonds. The molecular weight excluding hydrogens is 356 g/mol. The number of anilines is 1. The molecule has 4 nitrogen and oxygen atoms in total. The fraction of sp³-hybridized carbons (Fsp3) is 0.273. The summed E-state index contributed by atoms with van der Waals surface area (Å²) < 4.78 is 6.77. The molecule has 2 heterocycles. The number of aromatic nitrogens is 1. The smallest absolute Gasteiger partial charge is 0.346 e. The van der Waals surface area contributed by atoms with E-state index in [4.69, 9.17) is 9.40 Å². The fourth-order valence-corrected chi connectivity index (χ4v) is 4.57. The lowest BCUT2D eigenvalue weighted by Crippen LogP contribution is -2.08. The molecule has 0 aliphatic heterocycles. The van der Waals surface area contributed by atoms with Crippen LogP contribution in [0.25, 0.3) is 31.8 Å². The van der Waals surface area contributed by atoms with Gasteiger partial charge in [0.15, 0.2) is 0 Å². The highest BCUT2D eigenvalue weighted by atomic mass is 32.1. The Hall–Kier alpha value is -2.66. The van der Waals surface area contributed by atoms with E-state index in [2.05, 4.69) is 27.7 Å². The Balaban J connectivity index is 1.96.